The number of nitrogens with zero attached hydrogens (tertiary/aromatic N) is 2. The first-order chi connectivity index (χ1) is 12.5. The Hall–Kier alpha value is -2.18. The summed E-state index contributed by atoms with van der Waals surface area (Å²) in [5.74, 6) is 0.0288. The topological polar surface area (TPSA) is 52.0 Å². The number of allylic oxidation sites excluding steroid dienone is 1. The molecule has 2 aromatic heterocycles. The molecule has 6 heteroatoms. The van der Waals surface area contributed by atoms with Crippen LogP contribution in [0.4, 0.5) is 0 Å². The van der Waals surface area contributed by atoms with Crippen molar-refractivity contribution in [2.75, 3.05) is 0 Å². The summed E-state index contributed by atoms with van der Waals surface area (Å²) in [6.45, 7) is 7.74. The van der Waals surface area contributed by atoms with Gasteiger partial charge in [-0.3, -0.25) is 14.2 Å². The molecule has 1 aromatic carbocycles. The quantitative estimate of drug-likeness (QED) is 0.339. The van der Waals surface area contributed by atoms with E-state index >= 15 is 0 Å². The molecule has 26 heavy (non-hydrogen) atoms. The second kappa shape index (κ2) is 8.01. The molecule has 0 aliphatic carbocycles. The number of thiophene rings is 1. The fourth-order valence-electron chi connectivity index (χ4n) is 2.72. The minimum Gasteiger partial charge on any atom is -0.298 e. The molecule has 0 saturated heterocycles. The van der Waals surface area contributed by atoms with Gasteiger partial charge < -0.3 is 0 Å². The Bertz CT molecular complexity index is 1010. The predicted octanol–water partition coefficient (Wildman–Crippen LogP) is 4.63. The van der Waals surface area contributed by atoms with Crippen molar-refractivity contribution in [1.82, 2.24) is 9.55 Å². The standard InChI is InChI=1S/C20H20N2O2S2/c1-4-11-22-19(24)16-12-15(5-2)25-18(16)21-20(22)26-17(13(3)23)14-9-7-6-8-10-14/h4,6-10,12,17H,1,5,11H2,2-3H3. The van der Waals surface area contributed by atoms with Gasteiger partial charge in [0.2, 0.25) is 0 Å². The highest BCUT2D eigenvalue weighted by atomic mass is 32.2. The molecule has 0 amide bonds. The van der Waals surface area contributed by atoms with Crippen molar-refractivity contribution in [3.05, 3.63) is 69.8 Å². The van der Waals surface area contributed by atoms with Crippen LogP contribution in [0.3, 0.4) is 0 Å². The maximum atomic E-state index is 12.9. The van der Waals surface area contributed by atoms with Gasteiger partial charge in [0.1, 0.15) is 10.6 Å². The molecule has 1 atom stereocenters. The summed E-state index contributed by atoms with van der Waals surface area (Å²) in [5.41, 5.74) is 0.827. The first-order valence-electron chi connectivity index (χ1n) is 8.41. The summed E-state index contributed by atoms with van der Waals surface area (Å²) in [7, 11) is 0. The van der Waals surface area contributed by atoms with Crippen molar-refractivity contribution in [3.63, 3.8) is 0 Å². The van der Waals surface area contributed by atoms with Gasteiger partial charge in [0.05, 0.1) is 10.6 Å². The van der Waals surface area contributed by atoms with Gasteiger partial charge in [-0.2, -0.15) is 0 Å². The third-order valence-corrected chi connectivity index (χ3v) is 6.56. The Morgan fingerprint density at radius 2 is 2.12 bits per heavy atom. The summed E-state index contributed by atoms with van der Waals surface area (Å²) in [6, 6.07) is 11.5. The average Bonchev–Trinajstić information content (AvgIpc) is 3.06. The summed E-state index contributed by atoms with van der Waals surface area (Å²) >= 11 is 2.86. The SMILES string of the molecule is C=CCn1c(SC(C(C)=O)c2ccccc2)nc2sc(CC)cc2c1=O. The Labute approximate surface area is 160 Å². The fourth-order valence-corrected chi connectivity index (χ4v) is 4.83. The van der Waals surface area contributed by atoms with Crippen LogP contribution in [-0.4, -0.2) is 15.3 Å². The minimum atomic E-state index is -0.401. The molecule has 0 aliphatic heterocycles. The third kappa shape index (κ3) is 3.66. The molecule has 2 heterocycles. The van der Waals surface area contributed by atoms with Crippen molar-refractivity contribution in [1.29, 1.82) is 0 Å². The van der Waals surface area contributed by atoms with Gasteiger partial charge in [-0.1, -0.05) is 55.1 Å². The molecule has 3 aromatic rings. The van der Waals surface area contributed by atoms with Crippen molar-refractivity contribution >= 4 is 39.1 Å². The maximum Gasteiger partial charge on any atom is 0.263 e. The summed E-state index contributed by atoms with van der Waals surface area (Å²) in [4.78, 5) is 31.8. The van der Waals surface area contributed by atoms with Crippen LogP contribution >= 0.6 is 23.1 Å². The van der Waals surface area contributed by atoms with E-state index in [1.807, 2.05) is 36.4 Å². The van der Waals surface area contributed by atoms with Crippen LogP contribution in [0.15, 0.2) is 59.0 Å². The number of carbonyl (C=O) groups is 1. The lowest BCUT2D eigenvalue weighted by atomic mass is 10.1. The van der Waals surface area contributed by atoms with Gasteiger partial charge >= 0.3 is 0 Å². The molecule has 0 fully saturated rings. The zero-order valence-corrected chi connectivity index (χ0v) is 16.4. The van der Waals surface area contributed by atoms with Gasteiger partial charge in [-0.05, 0) is 25.0 Å². The van der Waals surface area contributed by atoms with Gasteiger partial charge in [0.15, 0.2) is 5.16 Å². The van der Waals surface area contributed by atoms with E-state index in [9.17, 15) is 9.59 Å². The normalized spacial score (nSPS) is 12.2. The number of fused-ring (bicyclic) bond motifs is 1. The predicted molar refractivity (Wildman–Crippen MR) is 109 cm³/mol. The number of ketones is 1. The number of hydrogen-bond donors (Lipinski definition) is 0. The monoisotopic (exact) mass is 384 g/mol. The molecule has 0 spiro atoms. The van der Waals surface area contributed by atoms with E-state index in [4.69, 9.17) is 4.98 Å². The van der Waals surface area contributed by atoms with E-state index in [0.29, 0.717) is 17.1 Å². The first-order valence-corrected chi connectivity index (χ1v) is 10.1. The van der Waals surface area contributed by atoms with E-state index in [1.165, 1.54) is 23.1 Å². The van der Waals surface area contributed by atoms with E-state index in [2.05, 4.69) is 13.5 Å². The highest BCUT2D eigenvalue weighted by Gasteiger charge is 2.22. The van der Waals surface area contributed by atoms with Crippen molar-refractivity contribution in [2.45, 2.75) is 37.2 Å². The highest BCUT2D eigenvalue weighted by Crippen LogP contribution is 2.36. The van der Waals surface area contributed by atoms with E-state index in [1.54, 1.807) is 17.6 Å². The first kappa shape index (κ1) is 18.6. The number of benzene rings is 1. The Balaban J connectivity index is 2.12. The van der Waals surface area contributed by atoms with Gasteiger partial charge in [0.25, 0.3) is 5.56 Å². The van der Waals surface area contributed by atoms with E-state index in [-0.39, 0.29) is 11.3 Å². The Morgan fingerprint density at radius 3 is 2.73 bits per heavy atom. The minimum absolute atomic E-state index is 0.0288. The number of thioether (sulfide) groups is 1. The van der Waals surface area contributed by atoms with Crippen LogP contribution in [0.5, 0.6) is 0 Å². The number of aryl methyl sites for hydroxylation is 1. The van der Waals surface area contributed by atoms with E-state index in [0.717, 1.165) is 21.7 Å². The highest BCUT2D eigenvalue weighted by molar-refractivity contribution is 8.00. The Kier molecular flexibility index (Phi) is 5.74. The molecular weight excluding hydrogens is 364 g/mol. The van der Waals surface area contributed by atoms with Crippen LogP contribution in [-0.2, 0) is 17.8 Å². The van der Waals surface area contributed by atoms with Crippen LogP contribution < -0.4 is 5.56 Å². The van der Waals surface area contributed by atoms with Crippen molar-refractivity contribution < 1.29 is 4.79 Å². The van der Waals surface area contributed by atoms with Crippen molar-refractivity contribution in [2.24, 2.45) is 0 Å². The van der Waals surface area contributed by atoms with Crippen molar-refractivity contribution in [3.8, 4) is 0 Å². The summed E-state index contributed by atoms with van der Waals surface area (Å²) in [6.07, 6.45) is 2.54. The smallest absolute Gasteiger partial charge is 0.263 e. The number of aromatic nitrogens is 2. The van der Waals surface area contributed by atoms with Gasteiger partial charge in [-0.15, -0.1) is 17.9 Å². The third-order valence-electron chi connectivity index (χ3n) is 4.02. The number of hydrogen-bond acceptors (Lipinski definition) is 5. The molecule has 134 valence electrons. The number of carbonyl (C=O) groups excluding carboxylic acids is 1. The second-order valence-electron chi connectivity index (χ2n) is 5.90. The van der Waals surface area contributed by atoms with Gasteiger partial charge in [-0.25, -0.2) is 4.98 Å². The van der Waals surface area contributed by atoms with Crippen LogP contribution in [0.2, 0.25) is 0 Å². The zero-order valence-electron chi connectivity index (χ0n) is 14.8. The summed E-state index contributed by atoms with van der Waals surface area (Å²) in [5, 5.41) is 0.787. The van der Waals surface area contributed by atoms with E-state index < -0.39 is 5.25 Å². The van der Waals surface area contributed by atoms with Crippen LogP contribution in [0.1, 0.15) is 29.5 Å². The molecule has 0 aliphatic rings. The molecule has 3 rings (SSSR count). The molecule has 4 nitrogen and oxygen atoms in total. The molecule has 0 saturated carbocycles. The van der Waals surface area contributed by atoms with Crippen LogP contribution in [0.25, 0.3) is 10.2 Å². The van der Waals surface area contributed by atoms with Gasteiger partial charge in [0, 0.05) is 11.4 Å². The second-order valence-corrected chi connectivity index (χ2v) is 8.09. The Morgan fingerprint density at radius 1 is 1.38 bits per heavy atom. The maximum absolute atomic E-state index is 12.9. The number of Topliss-reactive ketones (excluding diaryl/α,β-unsaturated/α-hetero) is 1. The number of rotatable bonds is 7. The lowest BCUT2D eigenvalue weighted by Crippen LogP contribution is -2.23. The van der Waals surface area contributed by atoms with Crippen LogP contribution in [0, 0.1) is 0 Å². The zero-order chi connectivity index (χ0) is 18.7. The lowest BCUT2D eigenvalue weighted by molar-refractivity contribution is -0.116. The molecular formula is C20H20N2O2S2. The summed E-state index contributed by atoms with van der Waals surface area (Å²) < 4.78 is 1.60. The molecule has 0 radical (unpaired) electrons. The largest absolute Gasteiger partial charge is 0.298 e. The molecule has 1 unspecified atom stereocenters. The lowest BCUT2D eigenvalue weighted by Gasteiger charge is -2.16. The molecule has 0 N–H and O–H groups in total. The fraction of sp³-hybridized carbons (Fsp3) is 0.250. The molecule has 0 bridgehead atoms. The average molecular weight is 385 g/mol.